The van der Waals surface area contributed by atoms with Crippen molar-refractivity contribution in [1.82, 2.24) is 4.90 Å². The molecule has 0 bridgehead atoms. The number of rotatable bonds is 7. The third-order valence-electron chi connectivity index (χ3n) is 3.09. The van der Waals surface area contributed by atoms with E-state index in [0.29, 0.717) is 24.3 Å². The molecule has 0 fully saturated rings. The number of carboxylic acid groups (broad SMARTS) is 1. The van der Waals surface area contributed by atoms with Crippen LogP contribution in [-0.2, 0) is 9.53 Å². The van der Waals surface area contributed by atoms with Crippen molar-refractivity contribution in [2.45, 2.75) is 19.9 Å². The van der Waals surface area contributed by atoms with Crippen molar-refractivity contribution in [3.63, 3.8) is 0 Å². The zero-order chi connectivity index (χ0) is 15.8. The maximum Gasteiger partial charge on any atom is 0.328 e. The Labute approximate surface area is 124 Å². The maximum atomic E-state index is 12.5. The molecule has 0 aliphatic rings. The summed E-state index contributed by atoms with van der Waals surface area (Å²) in [6.45, 7) is 4.90. The summed E-state index contributed by atoms with van der Waals surface area (Å²) < 4.78 is 5.09. The lowest BCUT2D eigenvalue weighted by molar-refractivity contribution is -0.131. The lowest BCUT2D eigenvalue weighted by Crippen LogP contribution is -2.40. The molecule has 1 amide bonds. The summed E-state index contributed by atoms with van der Waals surface area (Å²) in [7, 11) is 1.60. The molecule has 1 N–H and O–H groups in total. The highest BCUT2D eigenvalue weighted by atomic mass is 16.5. The van der Waals surface area contributed by atoms with Crippen molar-refractivity contribution in [2.75, 3.05) is 20.3 Å². The number of methoxy groups -OCH3 is 1. The van der Waals surface area contributed by atoms with Crippen LogP contribution in [0.3, 0.4) is 0 Å². The van der Waals surface area contributed by atoms with Gasteiger partial charge in [0.15, 0.2) is 0 Å². The average Bonchev–Trinajstić information content (AvgIpc) is 2.46. The van der Waals surface area contributed by atoms with Gasteiger partial charge in [0.1, 0.15) is 0 Å². The minimum absolute atomic E-state index is 0.0225. The molecule has 0 aromatic heterocycles. The molecular weight excluding hydrogens is 270 g/mol. The van der Waals surface area contributed by atoms with Crippen LogP contribution in [-0.4, -0.2) is 48.2 Å². The lowest BCUT2D eigenvalue weighted by atomic mass is 10.1. The topological polar surface area (TPSA) is 66.8 Å². The second-order valence-electron chi connectivity index (χ2n) is 4.69. The number of aliphatic carboxylic acids is 1. The number of hydrogen-bond donors (Lipinski definition) is 1. The molecule has 0 heterocycles. The summed E-state index contributed by atoms with van der Waals surface area (Å²) in [5, 5.41) is 8.64. The first-order valence-corrected chi connectivity index (χ1v) is 6.80. The number of amides is 1. The average molecular weight is 291 g/mol. The van der Waals surface area contributed by atoms with Crippen LogP contribution in [0.25, 0.3) is 6.08 Å². The highest BCUT2D eigenvalue weighted by Gasteiger charge is 2.19. The summed E-state index contributed by atoms with van der Waals surface area (Å²) in [4.78, 5) is 24.8. The summed E-state index contributed by atoms with van der Waals surface area (Å²) in [6, 6.07) is 6.88. The Morgan fingerprint density at radius 1 is 1.43 bits per heavy atom. The highest BCUT2D eigenvalue weighted by molar-refractivity contribution is 5.95. The first-order valence-electron chi connectivity index (χ1n) is 6.80. The van der Waals surface area contributed by atoms with Crippen molar-refractivity contribution in [2.24, 2.45) is 0 Å². The van der Waals surface area contributed by atoms with E-state index >= 15 is 0 Å². The molecule has 1 aromatic rings. The van der Waals surface area contributed by atoms with E-state index in [0.717, 1.165) is 6.08 Å². The van der Waals surface area contributed by atoms with Gasteiger partial charge in [0.2, 0.25) is 0 Å². The van der Waals surface area contributed by atoms with Crippen molar-refractivity contribution in [3.8, 4) is 0 Å². The molecule has 1 unspecified atom stereocenters. The van der Waals surface area contributed by atoms with Gasteiger partial charge in [0.05, 0.1) is 12.6 Å². The minimum atomic E-state index is -1.02. The zero-order valence-electron chi connectivity index (χ0n) is 12.6. The Balaban J connectivity index is 2.95. The summed E-state index contributed by atoms with van der Waals surface area (Å²) in [5.41, 5.74) is 1.21. The van der Waals surface area contributed by atoms with Crippen LogP contribution in [0.4, 0.5) is 0 Å². The van der Waals surface area contributed by atoms with Gasteiger partial charge < -0.3 is 14.7 Å². The van der Waals surface area contributed by atoms with Gasteiger partial charge in [0, 0.05) is 25.3 Å². The van der Waals surface area contributed by atoms with Gasteiger partial charge in [-0.15, -0.1) is 0 Å². The molecule has 1 atom stereocenters. The number of likely N-dealkylation sites (N-methyl/N-ethyl adjacent to an activating group) is 1. The molecule has 0 radical (unpaired) electrons. The van der Waals surface area contributed by atoms with Crippen LogP contribution in [0, 0.1) is 0 Å². The fourth-order valence-electron chi connectivity index (χ4n) is 2.10. The molecule has 0 spiro atoms. The predicted octanol–water partition coefficient (Wildman–Crippen LogP) is 2.28. The van der Waals surface area contributed by atoms with E-state index in [4.69, 9.17) is 9.84 Å². The third kappa shape index (κ3) is 5.04. The van der Waals surface area contributed by atoms with Crippen LogP contribution in [0.1, 0.15) is 29.8 Å². The fraction of sp³-hybridized carbons (Fsp3) is 0.375. The molecule has 1 aromatic carbocycles. The third-order valence-corrected chi connectivity index (χ3v) is 3.09. The fourth-order valence-corrected chi connectivity index (χ4v) is 2.10. The van der Waals surface area contributed by atoms with Crippen LogP contribution < -0.4 is 0 Å². The second kappa shape index (κ2) is 8.21. The lowest BCUT2D eigenvalue weighted by Gasteiger charge is -2.27. The summed E-state index contributed by atoms with van der Waals surface area (Å²) in [6.07, 6.45) is 2.52. The first-order chi connectivity index (χ1) is 9.99. The normalized spacial score (nSPS) is 12.3. The van der Waals surface area contributed by atoms with E-state index in [9.17, 15) is 9.59 Å². The minimum Gasteiger partial charge on any atom is -0.478 e. The van der Waals surface area contributed by atoms with Crippen LogP contribution >= 0.6 is 0 Å². The number of ether oxygens (including phenoxy) is 1. The monoisotopic (exact) mass is 291 g/mol. The largest absolute Gasteiger partial charge is 0.478 e. The molecule has 0 aliphatic carbocycles. The quantitative estimate of drug-likeness (QED) is 0.783. The molecular formula is C16H21NO4. The molecule has 5 nitrogen and oxygen atoms in total. The van der Waals surface area contributed by atoms with Gasteiger partial charge in [-0.1, -0.05) is 12.1 Å². The van der Waals surface area contributed by atoms with E-state index in [1.807, 2.05) is 13.8 Å². The highest BCUT2D eigenvalue weighted by Crippen LogP contribution is 2.12. The van der Waals surface area contributed by atoms with Crippen LogP contribution in [0.2, 0.25) is 0 Å². The molecule has 114 valence electrons. The van der Waals surface area contributed by atoms with Crippen LogP contribution in [0.5, 0.6) is 0 Å². The zero-order valence-corrected chi connectivity index (χ0v) is 12.6. The Hall–Kier alpha value is -2.14. The Bertz CT molecular complexity index is 525. The van der Waals surface area contributed by atoms with Gasteiger partial charge in [-0.05, 0) is 37.6 Å². The maximum absolute atomic E-state index is 12.5. The van der Waals surface area contributed by atoms with Gasteiger partial charge >= 0.3 is 5.97 Å². The van der Waals surface area contributed by atoms with Gasteiger partial charge in [-0.25, -0.2) is 4.79 Å². The molecule has 21 heavy (non-hydrogen) atoms. The van der Waals surface area contributed by atoms with Crippen molar-refractivity contribution >= 4 is 18.0 Å². The van der Waals surface area contributed by atoms with Crippen LogP contribution in [0.15, 0.2) is 30.3 Å². The first kappa shape index (κ1) is 16.9. The van der Waals surface area contributed by atoms with E-state index in [-0.39, 0.29) is 11.9 Å². The predicted molar refractivity (Wildman–Crippen MR) is 81.2 cm³/mol. The SMILES string of the molecule is CCN(C(=O)c1cccc(C=CC(=O)O)c1)C(C)COC. The standard InChI is InChI=1S/C16H21NO4/c1-4-17(12(2)11-21-3)16(20)14-7-5-6-13(10-14)8-9-15(18)19/h5-10,12H,4,11H2,1-3H3,(H,18,19). The Kier molecular flexibility index (Phi) is 6.62. The number of hydrogen-bond acceptors (Lipinski definition) is 3. The molecule has 0 aliphatic heterocycles. The van der Waals surface area contributed by atoms with E-state index in [1.165, 1.54) is 6.08 Å². The van der Waals surface area contributed by atoms with Crippen molar-refractivity contribution < 1.29 is 19.4 Å². The van der Waals surface area contributed by atoms with E-state index < -0.39 is 5.97 Å². The van der Waals surface area contributed by atoms with Gasteiger partial charge in [0.25, 0.3) is 5.91 Å². The van der Waals surface area contributed by atoms with Crippen molar-refractivity contribution in [3.05, 3.63) is 41.5 Å². The van der Waals surface area contributed by atoms with Crippen molar-refractivity contribution in [1.29, 1.82) is 0 Å². The van der Waals surface area contributed by atoms with Gasteiger partial charge in [-0.3, -0.25) is 4.79 Å². The van der Waals surface area contributed by atoms with E-state index in [1.54, 1.807) is 36.3 Å². The molecule has 0 saturated heterocycles. The number of carbonyl (C=O) groups is 2. The van der Waals surface area contributed by atoms with Gasteiger partial charge in [-0.2, -0.15) is 0 Å². The Morgan fingerprint density at radius 2 is 2.14 bits per heavy atom. The molecule has 1 rings (SSSR count). The van der Waals surface area contributed by atoms with E-state index in [2.05, 4.69) is 0 Å². The molecule has 0 saturated carbocycles. The summed E-state index contributed by atoms with van der Waals surface area (Å²) in [5.74, 6) is -1.11. The Morgan fingerprint density at radius 3 is 2.71 bits per heavy atom. The smallest absolute Gasteiger partial charge is 0.328 e. The number of carbonyl (C=O) groups excluding carboxylic acids is 1. The second-order valence-corrected chi connectivity index (χ2v) is 4.69. The number of nitrogens with zero attached hydrogens (tertiary/aromatic N) is 1. The number of benzene rings is 1. The summed E-state index contributed by atoms with van der Waals surface area (Å²) >= 11 is 0. The molecule has 5 heteroatoms. The number of carboxylic acids is 1.